The zero-order chi connectivity index (χ0) is 16.5. The molecule has 0 aliphatic heterocycles. The van der Waals surface area contributed by atoms with Crippen LogP contribution in [-0.4, -0.2) is 36.1 Å². The third kappa shape index (κ3) is 6.58. The number of benzene rings is 1. The lowest BCUT2D eigenvalue weighted by molar-refractivity contribution is -0.122. The molecule has 0 unspecified atom stereocenters. The molecule has 0 aromatic heterocycles. The highest BCUT2D eigenvalue weighted by Crippen LogP contribution is 2.10. The summed E-state index contributed by atoms with van der Waals surface area (Å²) in [6.07, 6.45) is 0.756. The van der Waals surface area contributed by atoms with Crippen LogP contribution in [0.2, 0.25) is 0 Å². The van der Waals surface area contributed by atoms with Crippen molar-refractivity contribution in [2.75, 3.05) is 13.2 Å². The fourth-order valence-electron chi connectivity index (χ4n) is 1.98. The van der Waals surface area contributed by atoms with Crippen LogP contribution in [0.4, 0.5) is 0 Å². The molecule has 0 saturated heterocycles. The summed E-state index contributed by atoms with van der Waals surface area (Å²) in [5.74, 6) is -0.0622. The number of nitrogens with one attached hydrogen (secondary N) is 2. The first-order valence-electron chi connectivity index (χ1n) is 7.38. The monoisotopic (exact) mass is 370 g/mol. The number of rotatable bonds is 8. The summed E-state index contributed by atoms with van der Waals surface area (Å²) in [5.41, 5.74) is 0.559. The van der Waals surface area contributed by atoms with E-state index in [0.717, 1.165) is 4.47 Å². The standard InChI is InChI=1S/C16H23BrN2O3/c1-11(2)14(8-10-20)19-15(21)7-9-18-16(22)12-3-5-13(17)6-4-12/h3-6,11,14,20H,7-10H2,1-2H3,(H,18,22)(H,19,21)/t14-/m1/s1. The molecule has 122 valence electrons. The number of carbonyl (C=O) groups excluding carboxylic acids is 2. The van der Waals surface area contributed by atoms with Crippen LogP contribution in [0.3, 0.4) is 0 Å². The maximum atomic E-state index is 11.9. The number of aliphatic hydroxyl groups is 1. The van der Waals surface area contributed by atoms with Gasteiger partial charge in [-0.05, 0) is 36.6 Å². The van der Waals surface area contributed by atoms with Crippen molar-refractivity contribution in [3.05, 3.63) is 34.3 Å². The molecule has 0 aliphatic rings. The van der Waals surface area contributed by atoms with Gasteiger partial charge in [0.2, 0.25) is 5.91 Å². The molecule has 0 bridgehead atoms. The van der Waals surface area contributed by atoms with Crippen molar-refractivity contribution in [2.24, 2.45) is 5.92 Å². The van der Waals surface area contributed by atoms with Crippen molar-refractivity contribution in [1.82, 2.24) is 10.6 Å². The zero-order valence-corrected chi connectivity index (χ0v) is 14.5. The highest BCUT2D eigenvalue weighted by Gasteiger charge is 2.15. The number of aliphatic hydroxyl groups excluding tert-OH is 1. The Morgan fingerprint density at radius 3 is 2.41 bits per heavy atom. The highest BCUT2D eigenvalue weighted by molar-refractivity contribution is 9.10. The molecule has 1 aromatic carbocycles. The fraction of sp³-hybridized carbons (Fsp3) is 0.500. The molecule has 0 spiro atoms. The molecule has 0 fully saturated rings. The highest BCUT2D eigenvalue weighted by atomic mass is 79.9. The Kier molecular flexibility index (Phi) is 8.12. The molecule has 0 radical (unpaired) electrons. The molecule has 0 saturated carbocycles. The molecule has 22 heavy (non-hydrogen) atoms. The summed E-state index contributed by atoms with van der Waals surface area (Å²) in [6, 6.07) is 6.98. The van der Waals surface area contributed by atoms with E-state index in [-0.39, 0.29) is 43.3 Å². The average molecular weight is 371 g/mol. The third-order valence-electron chi connectivity index (χ3n) is 3.34. The minimum atomic E-state index is -0.198. The van der Waals surface area contributed by atoms with Gasteiger partial charge in [-0.2, -0.15) is 0 Å². The first kappa shape index (κ1) is 18.6. The van der Waals surface area contributed by atoms with Crippen molar-refractivity contribution in [1.29, 1.82) is 0 Å². The van der Waals surface area contributed by atoms with Crippen LogP contribution in [0.1, 0.15) is 37.0 Å². The van der Waals surface area contributed by atoms with Gasteiger partial charge in [0.05, 0.1) is 0 Å². The van der Waals surface area contributed by atoms with Crippen LogP contribution in [0.5, 0.6) is 0 Å². The predicted octanol–water partition coefficient (Wildman–Crippen LogP) is 2.09. The number of carbonyl (C=O) groups is 2. The molecular formula is C16H23BrN2O3. The maximum Gasteiger partial charge on any atom is 0.251 e. The Hall–Kier alpha value is -1.40. The third-order valence-corrected chi connectivity index (χ3v) is 3.86. The molecule has 1 rings (SSSR count). The van der Waals surface area contributed by atoms with Gasteiger partial charge in [-0.1, -0.05) is 29.8 Å². The van der Waals surface area contributed by atoms with Gasteiger partial charge in [0.1, 0.15) is 0 Å². The van der Waals surface area contributed by atoms with Crippen molar-refractivity contribution in [2.45, 2.75) is 32.7 Å². The smallest absolute Gasteiger partial charge is 0.251 e. The van der Waals surface area contributed by atoms with E-state index in [0.29, 0.717) is 12.0 Å². The Bertz CT molecular complexity index is 489. The van der Waals surface area contributed by atoms with E-state index in [1.807, 2.05) is 13.8 Å². The first-order valence-corrected chi connectivity index (χ1v) is 8.17. The van der Waals surface area contributed by atoms with Crippen molar-refractivity contribution in [3.63, 3.8) is 0 Å². The van der Waals surface area contributed by atoms with E-state index in [1.54, 1.807) is 24.3 Å². The van der Waals surface area contributed by atoms with Gasteiger partial charge in [-0.15, -0.1) is 0 Å². The van der Waals surface area contributed by atoms with Gasteiger partial charge in [0.25, 0.3) is 5.91 Å². The minimum Gasteiger partial charge on any atom is -0.396 e. The Morgan fingerprint density at radius 2 is 1.86 bits per heavy atom. The summed E-state index contributed by atoms with van der Waals surface area (Å²) >= 11 is 3.31. The van der Waals surface area contributed by atoms with Gasteiger partial charge in [0.15, 0.2) is 0 Å². The van der Waals surface area contributed by atoms with Crippen LogP contribution in [0.25, 0.3) is 0 Å². The summed E-state index contributed by atoms with van der Waals surface area (Å²) in [5, 5.41) is 14.6. The first-order chi connectivity index (χ1) is 10.4. The predicted molar refractivity (Wildman–Crippen MR) is 89.6 cm³/mol. The lowest BCUT2D eigenvalue weighted by Crippen LogP contribution is -2.40. The molecule has 0 heterocycles. The van der Waals surface area contributed by atoms with Gasteiger partial charge in [0, 0.05) is 35.7 Å². The van der Waals surface area contributed by atoms with Crippen LogP contribution in [-0.2, 0) is 4.79 Å². The summed E-state index contributed by atoms with van der Waals surface area (Å²) in [4.78, 5) is 23.7. The van der Waals surface area contributed by atoms with Gasteiger partial charge < -0.3 is 15.7 Å². The van der Waals surface area contributed by atoms with E-state index >= 15 is 0 Å². The van der Waals surface area contributed by atoms with Gasteiger partial charge in [-0.25, -0.2) is 0 Å². The summed E-state index contributed by atoms with van der Waals surface area (Å²) < 4.78 is 0.909. The molecule has 1 aromatic rings. The molecule has 0 aliphatic carbocycles. The van der Waals surface area contributed by atoms with Crippen LogP contribution in [0, 0.1) is 5.92 Å². The second kappa shape index (κ2) is 9.58. The normalized spacial score (nSPS) is 12.0. The zero-order valence-electron chi connectivity index (χ0n) is 12.9. The van der Waals surface area contributed by atoms with Gasteiger partial charge in [-0.3, -0.25) is 9.59 Å². The number of halogens is 1. The lowest BCUT2D eigenvalue weighted by Gasteiger charge is -2.21. The largest absolute Gasteiger partial charge is 0.396 e. The maximum absolute atomic E-state index is 11.9. The van der Waals surface area contributed by atoms with E-state index in [2.05, 4.69) is 26.6 Å². The van der Waals surface area contributed by atoms with Crippen molar-refractivity contribution in [3.8, 4) is 0 Å². The van der Waals surface area contributed by atoms with Crippen molar-refractivity contribution >= 4 is 27.7 Å². The molecule has 3 N–H and O–H groups in total. The van der Waals surface area contributed by atoms with Crippen LogP contribution >= 0.6 is 15.9 Å². The fourth-order valence-corrected chi connectivity index (χ4v) is 2.25. The lowest BCUT2D eigenvalue weighted by atomic mass is 10.0. The SMILES string of the molecule is CC(C)[C@@H](CCO)NC(=O)CCNC(=O)c1ccc(Br)cc1. The molecular weight excluding hydrogens is 348 g/mol. The quantitative estimate of drug-likeness (QED) is 0.655. The average Bonchev–Trinajstić information content (AvgIpc) is 2.47. The number of hydrogen-bond acceptors (Lipinski definition) is 3. The van der Waals surface area contributed by atoms with Crippen LogP contribution in [0.15, 0.2) is 28.7 Å². The van der Waals surface area contributed by atoms with E-state index in [4.69, 9.17) is 5.11 Å². The number of amides is 2. The van der Waals surface area contributed by atoms with E-state index in [9.17, 15) is 9.59 Å². The second-order valence-corrected chi connectivity index (χ2v) is 6.36. The Balaban J connectivity index is 2.35. The van der Waals surface area contributed by atoms with Crippen molar-refractivity contribution < 1.29 is 14.7 Å². The molecule has 2 amide bonds. The summed E-state index contributed by atoms with van der Waals surface area (Å²) in [6.45, 7) is 4.32. The number of hydrogen-bond donors (Lipinski definition) is 3. The topological polar surface area (TPSA) is 78.4 Å². The Morgan fingerprint density at radius 1 is 1.23 bits per heavy atom. The van der Waals surface area contributed by atoms with Gasteiger partial charge >= 0.3 is 0 Å². The summed E-state index contributed by atoms with van der Waals surface area (Å²) in [7, 11) is 0. The molecule has 5 nitrogen and oxygen atoms in total. The Labute approximate surface area is 139 Å². The minimum absolute atomic E-state index is 0.0420. The van der Waals surface area contributed by atoms with E-state index in [1.165, 1.54) is 0 Å². The van der Waals surface area contributed by atoms with E-state index < -0.39 is 0 Å². The molecule has 6 heteroatoms. The van der Waals surface area contributed by atoms with Crippen LogP contribution < -0.4 is 10.6 Å². The second-order valence-electron chi connectivity index (χ2n) is 5.44. The molecule has 1 atom stereocenters.